The van der Waals surface area contributed by atoms with E-state index in [1.165, 1.54) is 0 Å². The second kappa shape index (κ2) is 5.42. The molecule has 0 fully saturated rings. The zero-order chi connectivity index (χ0) is 13.0. The monoisotopic (exact) mass is 246 g/mol. The van der Waals surface area contributed by atoms with Crippen LogP contribution in [0.25, 0.3) is 0 Å². The molecule has 0 saturated carbocycles. The summed E-state index contributed by atoms with van der Waals surface area (Å²) in [6.45, 7) is 1.76. The molecule has 94 valence electrons. The number of nitrogen functional groups attached to an aromatic ring is 1. The van der Waals surface area contributed by atoms with Crippen molar-refractivity contribution in [2.75, 3.05) is 12.3 Å². The molecule has 0 saturated heterocycles. The highest BCUT2D eigenvalue weighted by Crippen LogP contribution is 2.31. The minimum absolute atomic E-state index is 0.156. The average Bonchev–Trinajstić information content (AvgIpc) is 2.22. The first-order valence-electron chi connectivity index (χ1n) is 4.87. The fourth-order valence-electron chi connectivity index (χ4n) is 1.27. The van der Waals surface area contributed by atoms with Crippen LogP contribution in [0.15, 0.2) is 6.07 Å². The zero-order valence-corrected chi connectivity index (χ0v) is 9.11. The predicted octanol–water partition coefficient (Wildman–Crippen LogP) is 1.41. The molecule has 0 amide bonds. The molecule has 0 aliphatic heterocycles. The largest absolute Gasteiger partial charge is 0.506 e. The second-order valence-corrected chi connectivity index (χ2v) is 3.21. The molecular formula is C10H12F2N2O3. The number of alkyl halides is 2. The van der Waals surface area contributed by atoms with E-state index in [-0.39, 0.29) is 18.1 Å². The van der Waals surface area contributed by atoms with Crippen LogP contribution in [0, 0.1) is 0 Å². The van der Waals surface area contributed by atoms with Crippen LogP contribution in [0.3, 0.4) is 0 Å². The van der Waals surface area contributed by atoms with Crippen LogP contribution < -0.4 is 5.73 Å². The summed E-state index contributed by atoms with van der Waals surface area (Å²) in [5, 5.41) is 9.49. The van der Waals surface area contributed by atoms with E-state index < -0.39 is 30.1 Å². The highest BCUT2D eigenvalue weighted by Gasteiger charge is 2.20. The third-order valence-corrected chi connectivity index (χ3v) is 1.97. The molecule has 0 unspecified atom stereocenters. The number of nitrogens with zero attached hydrogens (tertiary/aromatic N) is 1. The van der Waals surface area contributed by atoms with Gasteiger partial charge in [-0.1, -0.05) is 0 Å². The molecule has 0 spiro atoms. The summed E-state index contributed by atoms with van der Waals surface area (Å²) >= 11 is 0. The van der Waals surface area contributed by atoms with Crippen molar-refractivity contribution in [3.05, 3.63) is 17.3 Å². The molecule has 5 nitrogen and oxygen atoms in total. The Morgan fingerprint density at radius 3 is 2.82 bits per heavy atom. The number of nitrogens with two attached hydrogens (primary N) is 1. The Hall–Kier alpha value is -1.92. The van der Waals surface area contributed by atoms with Gasteiger partial charge in [-0.25, -0.2) is 13.8 Å². The van der Waals surface area contributed by atoms with Crippen LogP contribution >= 0.6 is 0 Å². The van der Waals surface area contributed by atoms with Crippen molar-refractivity contribution < 1.29 is 23.4 Å². The molecule has 3 N–H and O–H groups in total. The molecule has 0 radical (unpaired) electrons. The van der Waals surface area contributed by atoms with Crippen LogP contribution in [0.5, 0.6) is 5.75 Å². The number of esters is 1. The minimum atomic E-state index is -2.89. The summed E-state index contributed by atoms with van der Waals surface area (Å²) in [7, 11) is 0. The number of anilines is 1. The smallest absolute Gasteiger partial charge is 0.312 e. The normalized spacial score (nSPS) is 10.6. The quantitative estimate of drug-likeness (QED) is 0.784. The van der Waals surface area contributed by atoms with Gasteiger partial charge >= 0.3 is 5.97 Å². The van der Waals surface area contributed by atoms with Gasteiger partial charge in [0.05, 0.1) is 24.3 Å². The van der Waals surface area contributed by atoms with Gasteiger partial charge in [0.1, 0.15) is 11.6 Å². The van der Waals surface area contributed by atoms with Crippen molar-refractivity contribution in [1.82, 2.24) is 4.98 Å². The molecule has 1 aromatic rings. The van der Waals surface area contributed by atoms with Gasteiger partial charge in [-0.2, -0.15) is 0 Å². The molecule has 7 heteroatoms. The molecule has 1 heterocycles. The van der Waals surface area contributed by atoms with Crippen molar-refractivity contribution in [1.29, 1.82) is 0 Å². The number of hydrogen-bond acceptors (Lipinski definition) is 5. The van der Waals surface area contributed by atoms with Gasteiger partial charge in [-0.15, -0.1) is 0 Å². The van der Waals surface area contributed by atoms with Gasteiger partial charge in [-0.3, -0.25) is 4.79 Å². The van der Waals surface area contributed by atoms with E-state index in [4.69, 9.17) is 5.73 Å². The Morgan fingerprint density at radius 1 is 1.65 bits per heavy atom. The molecule has 1 aromatic heterocycles. The third-order valence-electron chi connectivity index (χ3n) is 1.97. The molecule has 0 aliphatic rings. The standard InChI is InChI=1S/C10H12F2N2O3/c1-2-17-8(15)4-6-9(16)5(10(11)12)3-7(13)14-6/h3,10,16H,2,4H2,1H3,(H2,13,14). The maximum absolute atomic E-state index is 12.5. The number of aromatic hydroxyl groups is 1. The zero-order valence-electron chi connectivity index (χ0n) is 9.11. The summed E-state index contributed by atoms with van der Waals surface area (Å²) in [6, 6.07) is 0.870. The average molecular weight is 246 g/mol. The topological polar surface area (TPSA) is 85.4 Å². The van der Waals surface area contributed by atoms with Gasteiger partial charge in [0, 0.05) is 0 Å². The SMILES string of the molecule is CCOC(=O)Cc1nc(N)cc(C(F)F)c1O. The molecule has 0 bridgehead atoms. The lowest BCUT2D eigenvalue weighted by molar-refractivity contribution is -0.142. The Morgan fingerprint density at radius 2 is 2.29 bits per heavy atom. The van der Waals surface area contributed by atoms with E-state index in [1.807, 2.05) is 0 Å². The second-order valence-electron chi connectivity index (χ2n) is 3.21. The summed E-state index contributed by atoms with van der Waals surface area (Å²) < 4.78 is 29.7. The summed E-state index contributed by atoms with van der Waals surface area (Å²) in [5.41, 5.74) is 4.46. The van der Waals surface area contributed by atoms with Crippen molar-refractivity contribution in [2.24, 2.45) is 0 Å². The van der Waals surface area contributed by atoms with Crippen LogP contribution in [0.2, 0.25) is 0 Å². The molecular weight excluding hydrogens is 234 g/mol. The Bertz CT molecular complexity index is 424. The van der Waals surface area contributed by atoms with Crippen molar-refractivity contribution in [3.63, 3.8) is 0 Å². The van der Waals surface area contributed by atoms with Gasteiger partial charge in [0.2, 0.25) is 0 Å². The van der Waals surface area contributed by atoms with E-state index in [0.717, 1.165) is 6.07 Å². The van der Waals surface area contributed by atoms with E-state index in [1.54, 1.807) is 6.92 Å². The predicted molar refractivity (Wildman–Crippen MR) is 55.6 cm³/mol. The van der Waals surface area contributed by atoms with Crippen molar-refractivity contribution in [2.45, 2.75) is 19.8 Å². The van der Waals surface area contributed by atoms with E-state index >= 15 is 0 Å². The molecule has 17 heavy (non-hydrogen) atoms. The van der Waals surface area contributed by atoms with Crippen LogP contribution in [-0.4, -0.2) is 22.7 Å². The van der Waals surface area contributed by atoms with E-state index in [2.05, 4.69) is 9.72 Å². The lowest BCUT2D eigenvalue weighted by atomic mass is 10.1. The Kier molecular flexibility index (Phi) is 4.19. The maximum Gasteiger partial charge on any atom is 0.312 e. The van der Waals surface area contributed by atoms with Crippen molar-refractivity contribution >= 4 is 11.8 Å². The number of carbonyl (C=O) groups is 1. The van der Waals surface area contributed by atoms with Crippen molar-refractivity contribution in [3.8, 4) is 5.75 Å². The maximum atomic E-state index is 12.5. The summed E-state index contributed by atoms with van der Waals surface area (Å²) in [4.78, 5) is 14.8. The molecule has 1 rings (SSSR count). The number of pyridine rings is 1. The molecule has 0 atom stereocenters. The molecule has 0 aromatic carbocycles. The number of hydrogen-bond donors (Lipinski definition) is 2. The number of aromatic nitrogens is 1. The van der Waals surface area contributed by atoms with Gasteiger partial charge in [-0.05, 0) is 13.0 Å². The fraction of sp³-hybridized carbons (Fsp3) is 0.400. The lowest BCUT2D eigenvalue weighted by Crippen LogP contribution is -2.10. The van der Waals surface area contributed by atoms with Gasteiger partial charge in [0.25, 0.3) is 6.43 Å². The van der Waals surface area contributed by atoms with Gasteiger partial charge in [0.15, 0.2) is 0 Å². The summed E-state index contributed by atoms with van der Waals surface area (Å²) in [6.07, 6.45) is -3.29. The highest BCUT2D eigenvalue weighted by molar-refractivity contribution is 5.73. The highest BCUT2D eigenvalue weighted by atomic mass is 19.3. The number of ether oxygens (including phenoxy) is 1. The number of rotatable bonds is 4. The first-order chi connectivity index (χ1) is 7.95. The Balaban J connectivity index is 3.03. The van der Waals surface area contributed by atoms with E-state index in [0.29, 0.717) is 0 Å². The fourth-order valence-corrected chi connectivity index (χ4v) is 1.27. The first-order valence-corrected chi connectivity index (χ1v) is 4.87. The van der Waals surface area contributed by atoms with E-state index in [9.17, 15) is 18.7 Å². The van der Waals surface area contributed by atoms with Gasteiger partial charge < -0.3 is 15.6 Å². The molecule has 0 aliphatic carbocycles. The number of carbonyl (C=O) groups excluding carboxylic acids is 1. The minimum Gasteiger partial charge on any atom is -0.506 e. The Labute approximate surface area is 96.2 Å². The lowest BCUT2D eigenvalue weighted by Gasteiger charge is -2.09. The van der Waals surface area contributed by atoms with Crippen LogP contribution in [-0.2, 0) is 16.0 Å². The third kappa shape index (κ3) is 3.27. The first kappa shape index (κ1) is 13.1. The summed E-state index contributed by atoms with van der Waals surface area (Å²) in [5.74, 6) is -1.57. The van der Waals surface area contributed by atoms with Crippen LogP contribution in [0.1, 0.15) is 24.6 Å². The van der Waals surface area contributed by atoms with Crippen LogP contribution in [0.4, 0.5) is 14.6 Å². The number of halogens is 2.